The molecule has 2 N–H and O–H groups in total. The predicted molar refractivity (Wildman–Crippen MR) is 116 cm³/mol. The van der Waals surface area contributed by atoms with Gasteiger partial charge in [0.15, 0.2) is 23.0 Å². The smallest absolute Gasteiger partial charge is 0.200 e. The van der Waals surface area contributed by atoms with Gasteiger partial charge in [0, 0.05) is 10.8 Å². The van der Waals surface area contributed by atoms with Crippen molar-refractivity contribution in [3.8, 4) is 34.5 Å². The van der Waals surface area contributed by atoms with E-state index in [4.69, 9.17) is 28.4 Å². The van der Waals surface area contributed by atoms with Crippen LogP contribution in [0.2, 0.25) is 0 Å². The Morgan fingerprint density at radius 2 is 0.938 bits per heavy atom. The predicted octanol–water partition coefficient (Wildman–Crippen LogP) is 3.99. The molecular weight excluding hydrogens is 416 g/mol. The van der Waals surface area contributed by atoms with Gasteiger partial charge in [0.2, 0.25) is 11.5 Å². The highest BCUT2D eigenvalue weighted by Gasteiger charge is 2.65. The van der Waals surface area contributed by atoms with Gasteiger partial charge >= 0.3 is 0 Å². The van der Waals surface area contributed by atoms with Crippen molar-refractivity contribution in [3.05, 3.63) is 35.4 Å². The van der Waals surface area contributed by atoms with Gasteiger partial charge in [-0.3, -0.25) is 0 Å². The molecule has 2 aliphatic heterocycles. The highest BCUT2D eigenvalue weighted by atomic mass is 16.5. The fourth-order valence-corrected chi connectivity index (χ4v) is 5.02. The third-order valence-corrected chi connectivity index (χ3v) is 7.17. The van der Waals surface area contributed by atoms with Gasteiger partial charge in [-0.25, -0.2) is 0 Å². The molecule has 0 aromatic heterocycles. The molecule has 0 unspecified atom stereocenters. The average molecular weight is 446 g/mol. The van der Waals surface area contributed by atoms with Gasteiger partial charge in [0.1, 0.15) is 0 Å². The Hall–Kier alpha value is -2.84. The molecule has 2 heterocycles. The highest BCUT2D eigenvalue weighted by molar-refractivity contribution is 5.55. The number of rotatable bonds is 6. The Kier molecular flexibility index (Phi) is 5.55. The molecule has 8 heteroatoms. The molecule has 174 valence electrons. The lowest BCUT2D eigenvalue weighted by atomic mass is 9.62. The molecule has 4 atom stereocenters. The van der Waals surface area contributed by atoms with Gasteiger partial charge in [-0.15, -0.1) is 0 Å². The summed E-state index contributed by atoms with van der Waals surface area (Å²) < 4.78 is 34.1. The van der Waals surface area contributed by atoms with E-state index in [1.807, 2.05) is 0 Å². The van der Waals surface area contributed by atoms with E-state index in [0.717, 1.165) is 11.1 Å². The second-order valence-electron chi connectivity index (χ2n) is 8.77. The average Bonchev–Trinajstić information content (AvgIpc) is 3.20. The van der Waals surface area contributed by atoms with E-state index in [2.05, 4.69) is 13.8 Å². The first-order valence-electron chi connectivity index (χ1n) is 10.4. The van der Waals surface area contributed by atoms with Crippen molar-refractivity contribution < 1.29 is 38.6 Å². The zero-order valence-electron chi connectivity index (χ0n) is 19.2. The van der Waals surface area contributed by atoms with Crippen LogP contribution in [-0.4, -0.2) is 51.9 Å². The van der Waals surface area contributed by atoms with Gasteiger partial charge in [-0.2, -0.15) is 0 Å². The maximum Gasteiger partial charge on any atom is 0.200 e. The maximum absolute atomic E-state index is 10.3. The molecule has 0 bridgehead atoms. The van der Waals surface area contributed by atoms with E-state index < -0.39 is 0 Å². The largest absolute Gasteiger partial charge is 0.502 e. The minimum atomic E-state index is -0.386. The molecule has 0 aliphatic carbocycles. The van der Waals surface area contributed by atoms with E-state index in [-0.39, 0.29) is 34.5 Å². The van der Waals surface area contributed by atoms with Crippen LogP contribution in [0.5, 0.6) is 34.5 Å². The first kappa shape index (κ1) is 22.4. The molecule has 2 aromatic rings. The summed E-state index contributed by atoms with van der Waals surface area (Å²) in [5, 5.41) is 20.6. The topological polar surface area (TPSA) is 95.8 Å². The third-order valence-electron chi connectivity index (χ3n) is 7.17. The molecule has 2 aliphatic rings. The molecular formula is C24H30O8. The van der Waals surface area contributed by atoms with Crippen LogP contribution < -0.4 is 18.9 Å². The minimum absolute atomic E-state index is 0.0477. The van der Waals surface area contributed by atoms with E-state index >= 15 is 0 Å². The Labute approximate surface area is 187 Å². The van der Waals surface area contributed by atoms with Crippen LogP contribution in [0.3, 0.4) is 0 Å². The fourth-order valence-electron chi connectivity index (χ4n) is 5.02. The number of hydrogen-bond acceptors (Lipinski definition) is 8. The van der Waals surface area contributed by atoms with Crippen LogP contribution >= 0.6 is 0 Å². The number of aromatic hydroxyl groups is 2. The second-order valence-corrected chi connectivity index (χ2v) is 8.77. The Morgan fingerprint density at radius 1 is 0.656 bits per heavy atom. The van der Waals surface area contributed by atoms with Crippen molar-refractivity contribution in [3.63, 3.8) is 0 Å². The van der Waals surface area contributed by atoms with Gasteiger partial charge in [-0.1, -0.05) is 13.8 Å². The molecule has 0 radical (unpaired) electrons. The van der Waals surface area contributed by atoms with Crippen molar-refractivity contribution in [2.24, 2.45) is 10.8 Å². The fraction of sp³-hybridized carbons (Fsp3) is 0.500. The third kappa shape index (κ3) is 3.04. The minimum Gasteiger partial charge on any atom is -0.502 e. The van der Waals surface area contributed by atoms with E-state index in [1.54, 1.807) is 24.3 Å². The van der Waals surface area contributed by atoms with Gasteiger partial charge in [-0.05, 0) is 35.4 Å². The van der Waals surface area contributed by atoms with E-state index in [1.165, 1.54) is 28.4 Å². The second kappa shape index (κ2) is 7.94. The normalized spacial score (nSPS) is 28.9. The standard InChI is InChI=1S/C24H30O8/c1-23-11-31-22(14-9-17(29-5)20(26)18(10-14)30-6)24(23,2)12-32-21(23)13-7-15(27-3)19(25)16(8-13)28-4/h7-10,21-22,25-26H,11-12H2,1-6H3/t21-,22-,23-,24-/m1/s1. The SMILES string of the molecule is COc1cc([C@H]2OC[C@]3(C)[C@@H](c4cc(OC)c(O)c(OC)c4)OC[C@]23C)cc(OC)c1O. The number of hydrogen-bond donors (Lipinski definition) is 2. The van der Waals surface area contributed by atoms with Crippen molar-refractivity contribution in [2.75, 3.05) is 41.7 Å². The molecule has 4 rings (SSSR count). The van der Waals surface area contributed by atoms with Crippen molar-refractivity contribution in [1.82, 2.24) is 0 Å². The molecule has 2 fully saturated rings. The van der Waals surface area contributed by atoms with Crippen LogP contribution in [0, 0.1) is 10.8 Å². The molecule has 32 heavy (non-hydrogen) atoms. The van der Waals surface area contributed by atoms with Crippen LogP contribution in [-0.2, 0) is 9.47 Å². The number of fused-ring (bicyclic) bond motifs is 1. The molecule has 0 amide bonds. The summed E-state index contributed by atoms with van der Waals surface area (Å²) in [5.74, 6) is 1.20. The quantitative estimate of drug-likeness (QED) is 0.688. The molecule has 2 saturated heterocycles. The summed E-state index contributed by atoms with van der Waals surface area (Å²) in [6.45, 7) is 5.20. The van der Waals surface area contributed by atoms with E-state index in [0.29, 0.717) is 36.2 Å². The Balaban J connectivity index is 1.75. The number of methoxy groups -OCH3 is 4. The lowest BCUT2D eigenvalue weighted by molar-refractivity contribution is -0.00663. The monoisotopic (exact) mass is 446 g/mol. The molecule has 2 aromatic carbocycles. The van der Waals surface area contributed by atoms with Crippen LogP contribution in [0.25, 0.3) is 0 Å². The summed E-state index contributed by atoms with van der Waals surface area (Å²) in [6.07, 6.45) is -0.608. The van der Waals surface area contributed by atoms with Gasteiger partial charge in [0.05, 0.1) is 53.9 Å². The Morgan fingerprint density at radius 3 is 1.19 bits per heavy atom. The number of ether oxygens (including phenoxy) is 6. The number of benzene rings is 2. The zero-order valence-corrected chi connectivity index (χ0v) is 19.2. The summed E-state index contributed by atoms with van der Waals surface area (Å²) in [6, 6.07) is 7.11. The summed E-state index contributed by atoms with van der Waals surface area (Å²) >= 11 is 0. The Bertz CT molecular complexity index is 890. The van der Waals surface area contributed by atoms with Crippen LogP contribution in [0.15, 0.2) is 24.3 Å². The lowest BCUT2D eigenvalue weighted by Crippen LogP contribution is -2.37. The lowest BCUT2D eigenvalue weighted by Gasteiger charge is -2.37. The molecule has 0 spiro atoms. The maximum atomic E-state index is 10.3. The van der Waals surface area contributed by atoms with E-state index in [9.17, 15) is 10.2 Å². The summed E-state index contributed by atoms with van der Waals surface area (Å²) in [5.41, 5.74) is 0.909. The van der Waals surface area contributed by atoms with Crippen LogP contribution in [0.1, 0.15) is 37.2 Å². The zero-order chi connectivity index (χ0) is 23.3. The first-order chi connectivity index (χ1) is 15.2. The highest BCUT2D eigenvalue weighted by Crippen LogP contribution is 2.66. The number of phenols is 2. The van der Waals surface area contributed by atoms with Crippen LogP contribution in [0.4, 0.5) is 0 Å². The van der Waals surface area contributed by atoms with Gasteiger partial charge < -0.3 is 38.6 Å². The van der Waals surface area contributed by atoms with Crippen molar-refractivity contribution in [2.45, 2.75) is 26.1 Å². The number of phenolic OH excluding ortho intramolecular Hbond substituents is 2. The molecule has 0 saturated carbocycles. The van der Waals surface area contributed by atoms with Crippen molar-refractivity contribution >= 4 is 0 Å². The first-order valence-corrected chi connectivity index (χ1v) is 10.4. The summed E-state index contributed by atoms with van der Waals surface area (Å²) in [4.78, 5) is 0. The van der Waals surface area contributed by atoms with Gasteiger partial charge in [0.25, 0.3) is 0 Å². The summed E-state index contributed by atoms with van der Waals surface area (Å²) in [7, 11) is 6.00. The van der Waals surface area contributed by atoms with Crippen molar-refractivity contribution in [1.29, 1.82) is 0 Å². The molecule has 8 nitrogen and oxygen atoms in total.